The summed E-state index contributed by atoms with van der Waals surface area (Å²) in [6.45, 7) is 3.81. The van der Waals surface area contributed by atoms with Gasteiger partial charge in [0.05, 0.1) is 12.1 Å². The lowest BCUT2D eigenvalue weighted by Gasteiger charge is -2.22. The van der Waals surface area contributed by atoms with Gasteiger partial charge in [-0.1, -0.05) is 0 Å². The van der Waals surface area contributed by atoms with Crippen LogP contribution in [0.5, 0.6) is 0 Å². The normalized spacial score (nSPS) is 23.1. The summed E-state index contributed by atoms with van der Waals surface area (Å²) in [7, 11) is 1.76. The summed E-state index contributed by atoms with van der Waals surface area (Å²) in [6, 6.07) is 0.314. The molecule has 0 spiro atoms. The molecular formula is C12H21N5O. The number of hydrogen-bond acceptors (Lipinski definition) is 6. The van der Waals surface area contributed by atoms with Gasteiger partial charge in [-0.05, 0) is 33.1 Å². The number of nitrogens with one attached hydrogen (secondary N) is 2. The molecule has 1 fully saturated rings. The molecule has 6 nitrogen and oxygen atoms in total. The summed E-state index contributed by atoms with van der Waals surface area (Å²) in [6.07, 6.45) is 3.64. The van der Waals surface area contributed by atoms with Crippen LogP contribution in [-0.2, 0) is 4.74 Å². The van der Waals surface area contributed by atoms with Crippen molar-refractivity contribution in [3.8, 4) is 0 Å². The Morgan fingerprint density at radius 3 is 2.61 bits per heavy atom. The first-order valence-electron chi connectivity index (χ1n) is 6.27. The molecule has 0 radical (unpaired) electrons. The fourth-order valence-electron chi connectivity index (χ4n) is 2.46. The Balaban J connectivity index is 2.20. The van der Waals surface area contributed by atoms with Gasteiger partial charge in [-0.15, -0.1) is 0 Å². The molecule has 1 aromatic rings. The maximum atomic E-state index is 5.48. The van der Waals surface area contributed by atoms with Gasteiger partial charge in [0, 0.05) is 12.7 Å². The quantitative estimate of drug-likeness (QED) is 0.553. The molecule has 0 saturated heterocycles. The second kappa shape index (κ2) is 5.49. The van der Waals surface area contributed by atoms with Crippen LogP contribution in [0.3, 0.4) is 0 Å². The van der Waals surface area contributed by atoms with E-state index in [4.69, 9.17) is 10.6 Å². The number of nitrogen functional groups attached to an aromatic ring is 1. The zero-order chi connectivity index (χ0) is 13.1. The molecule has 0 aliphatic heterocycles. The van der Waals surface area contributed by atoms with Crippen LogP contribution in [0.15, 0.2) is 0 Å². The first-order chi connectivity index (χ1) is 8.65. The van der Waals surface area contributed by atoms with Gasteiger partial charge in [0.15, 0.2) is 0 Å². The van der Waals surface area contributed by atoms with Crippen molar-refractivity contribution < 1.29 is 4.74 Å². The van der Waals surface area contributed by atoms with Crippen molar-refractivity contribution in [2.75, 3.05) is 17.9 Å². The molecule has 2 unspecified atom stereocenters. The molecule has 1 heterocycles. The van der Waals surface area contributed by atoms with Gasteiger partial charge in [-0.2, -0.15) is 0 Å². The number of rotatable bonds is 4. The van der Waals surface area contributed by atoms with E-state index in [0.29, 0.717) is 17.7 Å². The Bertz CT molecular complexity index is 423. The van der Waals surface area contributed by atoms with Gasteiger partial charge < -0.3 is 15.5 Å². The molecule has 1 aliphatic rings. The SMILES string of the molecule is COC1CCCC1Nc1nc(C)nc(NN)c1C. The molecule has 1 aliphatic carbocycles. The summed E-state index contributed by atoms with van der Waals surface area (Å²) in [5.74, 6) is 7.66. The van der Waals surface area contributed by atoms with Crippen molar-refractivity contribution in [2.45, 2.75) is 45.3 Å². The Morgan fingerprint density at radius 1 is 1.22 bits per heavy atom. The van der Waals surface area contributed by atoms with Crippen LogP contribution >= 0.6 is 0 Å². The average Bonchev–Trinajstić information content (AvgIpc) is 2.80. The number of hydrazine groups is 1. The first-order valence-corrected chi connectivity index (χ1v) is 6.27. The minimum Gasteiger partial charge on any atom is -0.379 e. The summed E-state index contributed by atoms with van der Waals surface area (Å²) in [5.41, 5.74) is 3.54. The number of hydrogen-bond donors (Lipinski definition) is 3. The molecule has 1 saturated carbocycles. The molecule has 2 atom stereocenters. The number of methoxy groups -OCH3 is 1. The van der Waals surface area contributed by atoms with Gasteiger partial charge in [0.25, 0.3) is 0 Å². The van der Waals surface area contributed by atoms with Crippen LogP contribution in [0.1, 0.15) is 30.7 Å². The zero-order valence-corrected chi connectivity index (χ0v) is 11.2. The molecular weight excluding hydrogens is 230 g/mol. The number of anilines is 2. The highest BCUT2D eigenvalue weighted by Gasteiger charge is 2.27. The van der Waals surface area contributed by atoms with E-state index in [-0.39, 0.29) is 6.10 Å². The van der Waals surface area contributed by atoms with E-state index in [1.54, 1.807) is 7.11 Å². The van der Waals surface area contributed by atoms with Crippen molar-refractivity contribution >= 4 is 11.6 Å². The summed E-state index contributed by atoms with van der Waals surface area (Å²) in [5, 5.41) is 3.45. The number of nitrogens with zero attached hydrogens (tertiary/aromatic N) is 2. The third-order valence-corrected chi connectivity index (χ3v) is 3.47. The smallest absolute Gasteiger partial charge is 0.148 e. The van der Waals surface area contributed by atoms with E-state index in [9.17, 15) is 0 Å². The maximum Gasteiger partial charge on any atom is 0.148 e. The van der Waals surface area contributed by atoms with Crippen molar-refractivity contribution in [2.24, 2.45) is 5.84 Å². The van der Waals surface area contributed by atoms with Crippen LogP contribution in [0, 0.1) is 13.8 Å². The van der Waals surface area contributed by atoms with Crippen LogP contribution in [0.4, 0.5) is 11.6 Å². The maximum absolute atomic E-state index is 5.48. The van der Waals surface area contributed by atoms with E-state index in [0.717, 1.165) is 24.2 Å². The largest absolute Gasteiger partial charge is 0.379 e. The van der Waals surface area contributed by atoms with Crippen LogP contribution in [-0.4, -0.2) is 29.2 Å². The molecule has 1 aromatic heterocycles. The zero-order valence-electron chi connectivity index (χ0n) is 11.2. The van der Waals surface area contributed by atoms with Gasteiger partial charge in [-0.25, -0.2) is 15.8 Å². The lowest BCUT2D eigenvalue weighted by atomic mass is 10.2. The van der Waals surface area contributed by atoms with Gasteiger partial charge in [0.1, 0.15) is 17.5 Å². The lowest BCUT2D eigenvalue weighted by Crippen LogP contribution is -2.30. The average molecular weight is 251 g/mol. The number of aryl methyl sites for hydroxylation is 1. The van der Waals surface area contributed by atoms with Crippen molar-refractivity contribution in [3.05, 3.63) is 11.4 Å². The molecule has 2 rings (SSSR count). The monoisotopic (exact) mass is 251 g/mol. The highest BCUT2D eigenvalue weighted by molar-refractivity contribution is 5.57. The minimum absolute atomic E-state index is 0.258. The number of nitrogens with two attached hydrogens (primary N) is 1. The van der Waals surface area contributed by atoms with Crippen molar-refractivity contribution in [3.63, 3.8) is 0 Å². The second-order valence-corrected chi connectivity index (χ2v) is 4.69. The molecule has 0 aromatic carbocycles. The third kappa shape index (κ3) is 2.54. The molecule has 0 bridgehead atoms. The van der Waals surface area contributed by atoms with Crippen molar-refractivity contribution in [1.29, 1.82) is 0 Å². The Morgan fingerprint density at radius 2 is 1.94 bits per heavy atom. The predicted octanol–water partition coefficient (Wildman–Crippen LogP) is 1.36. The van der Waals surface area contributed by atoms with Crippen LogP contribution in [0.25, 0.3) is 0 Å². The summed E-state index contributed by atoms with van der Waals surface area (Å²) in [4.78, 5) is 8.69. The lowest BCUT2D eigenvalue weighted by molar-refractivity contribution is 0.101. The number of ether oxygens (including phenoxy) is 1. The molecule has 18 heavy (non-hydrogen) atoms. The van der Waals surface area contributed by atoms with Crippen LogP contribution in [0.2, 0.25) is 0 Å². The summed E-state index contributed by atoms with van der Waals surface area (Å²) >= 11 is 0. The van der Waals surface area contributed by atoms with Crippen molar-refractivity contribution in [1.82, 2.24) is 9.97 Å². The minimum atomic E-state index is 0.258. The van der Waals surface area contributed by atoms with E-state index in [1.165, 1.54) is 6.42 Å². The van der Waals surface area contributed by atoms with Gasteiger partial charge in [0.2, 0.25) is 0 Å². The Hall–Kier alpha value is -1.40. The first kappa shape index (κ1) is 13.0. The number of aromatic nitrogens is 2. The molecule has 4 N–H and O–H groups in total. The topological polar surface area (TPSA) is 85.1 Å². The molecule has 100 valence electrons. The fraction of sp³-hybridized carbons (Fsp3) is 0.667. The third-order valence-electron chi connectivity index (χ3n) is 3.47. The Kier molecular flexibility index (Phi) is 3.98. The summed E-state index contributed by atoms with van der Waals surface area (Å²) < 4.78 is 5.48. The molecule has 6 heteroatoms. The van der Waals surface area contributed by atoms with E-state index in [1.807, 2.05) is 13.8 Å². The van der Waals surface area contributed by atoms with Gasteiger partial charge in [-0.3, -0.25) is 0 Å². The Labute approximate surface area is 107 Å². The second-order valence-electron chi connectivity index (χ2n) is 4.69. The van der Waals surface area contributed by atoms with E-state index >= 15 is 0 Å². The molecule has 0 amide bonds. The predicted molar refractivity (Wildman–Crippen MR) is 71.4 cm³/mol. The van der Waals surface area contributed by atoms with Crippen LogP contribution < -0.4 is 16.6 Å². The van der Waals surface area contributed by atoms with E-state index in [2.05, 4.69) is 20.7 Å². The standard InChI is InChI=1S/C12H21N5O/c1-7-11(14-8(2)15-12(7)17-13)16-9-5-4-6-10(9)18-3/h9-10H,4-6,13H2,1-3H3,(H2,14,15,16,17). The highest BCUT2D eigenvalue weighted by atomic mass is 16.5. The fourth-order valence-corrected chi connectivity index (χ4v) is 2.46. The highest BCUT2D eigenvalue weighted by Crippen LogP contribution is 2.27. The van der Waals surface area contributed by atoms with E-state index < -0.39 is 0 Å². The van der Waals surface area contributed by atoms with Gasteiger partial charge >= 0.3 is 0 Å².